The van der Waals surface area contributed by atoms with E-state index < -0.39 is 11.7 Å². The van der Waals surface area contributed by atoms with Gasteiger partial charge in [0.05, 0.1) is 5.56 Å². The van der Waals surface area contributed by atoms with Gasteiger partial charge in [-0.15, -0.1) is 0 Å². The van der Waals surface area contributed by atoms with Crippen molar-refractivity contribution >= 4 is 108 Å². The second-order valence-electron chi connectivity index (χ2n) is 17.9. The van der Waals surface area contributed by atoms with Gasteiger partial charge in [-0.25, -0.2) is 0 Å². The molecule has 12 aromatic rings. The van der Waals surface area contributed by atoms with E-state index >= 15 is 0 Å². The molecule has 0 nitrogen and oxygen atoms in total. The van der Waals surface area contributed by atoms with Gasteiger partial charge in [-0.1, -0.05) is 118 Å². The number of halogens is 3. The van der Waals surface area contributed by atoms with Crippen LogP contribution in [0.2, 0.25) is 0 Å². The molecule has 1 aliphatic rings. The van der Waals surface area contributed by atoms with Crippen molar-refractivity contribution in [3.63, 3.8) is 0 Å². The van der Waals surface area contributed by atoms with Gasteiger partial charge in [0.2, 0.25) is 0 Å². The molecule has 0 heterocycles. The summed E-state index contributed by atoms with van der Waals surface area (Å²) in [5.41, 5.74) is 8.76. The van der Waals surface area contributed by atoms with Crippen LogP contribution < -0.4 is 0 Å². The highest BCUT2D eigenvalue weighted by atomic mass is 19.4. The lowest BCUT2D eigenvalue weighted by atomic mass is 9.80. The summed E-state index contributed by atoms with van der Waals surface area (Å²) in [6.07, 6.45) is -4.42. The summed E-state index contributed by atoms with van der Waals surface area (Å²) >= 11 is 0. The fourth-order valence-electron chi connectivity index (χ4n) is 12.2. The fourth-order valence-corrected chi connectivity index (χ4v) is 12.2. The van der Waals surface area contributed by atoms with Crippen LogP contribution in [0, 0.1) is 13.8 Å². The Bertz CT molecular complexity index is 3820. The number of hydrogen-bond donors (Lipinski definition) is 0. The number of hydrogen-bond acceptors (Lipinski definition) is 0. The van der Waals surface area contributed by atoms with Crippen molar-refractivity contribution in [3.8, 4) is 22.3 Å². The number of fused-ring (bicyclic) bond motifs is 13. The van der Waals surface area contributed by atoms with E-state index in [1.165, 1.54) is 131 Å². The monoisotopic (exact) mass is 754 g/mol. The Hall–Kier alpha value is -6.19. The number of alkyl halides is 3. The lowest BCUT2D eigenvalue weighted by molar-refractivity contribution is -0.137. The van der Waals surface area contributed by atoms with Crippen LogP contribution in [0.5, 0.6) is 0 Å². The van der Waals surface area contributed by atoms with Crippen molar-refractivity contribution in [2.75, 3.05) is 0 Å². The lowest BCUT2D eigenvalue weighted by Gasteiger charge is -2.24. The first-order chi connectivity index (χ1) is 27.9. The maximum atomic E-state index is 14.3. The molecule has 0 saturated heterocycles. The smallest absolute Gasteiger partial charge is 0.166 e. The summed E-state index contributed by atoms with van der Waals surface area (Å²) in [4.78, 5) is 0. The van der Waals surface area contributed by atoms with E-state index in [-0.39, 0.29) is 11.8 Å². The predicted octanol–water partition coefficient (Wildman–Crippen LogP) is 17.1. The first-order valence-corrected chi connectivity index (χ1v) is 20.6. The fraction of sp³-hybridized carbons (Fsp3) is 0.164. The molecule has 0 aromatic heterocycles. The first kappa shape index (κ1) is 32.8. The number of rotatable bonds is 2. The zero-order chi connectivity index (χ0) is 39.4. The van der Waals surface area contributed by atoms with Crippen LogP contribution >= 0.6 is 0 Å². The van der Waals surface area contributed by atoms with Crippen LogP contribution in [0.4, 0.5) is 13.2 Å². The molecule has 0 spiro atoms. The summed E-state index contributed by atoms with van der Waals surface area (Å²) < 4.78 is 42.8. The van der Waals surface area contributed by atoms with E-state index in [0.29, 0.717) is 5.39 Å². The number of benzene rings is 10. The first-order valence-electron chi connectivity index (χ1n) is 20.6. The average molecular weight is 755 g/mol. The lowest BCUT2D eigenvalue weighted by Crippen LogP contribution is -2.07. The van der Waals surface area contributed by atoms with Crippen molar-refractivity contribution in [2.24, 2.45) is 0 Å². The van der Waals surface area contributed by atoms with Gasteiger partial charge in [0, 0.05) is 0 Å². The zero-order valence-electron chi connectivity index (χ0n) is 33.1. The molecule has 0 bridgehead atoms. The quantitative estimate of drug-likeness (QED) is 0.122. The molecular weight excluding hydrogens is 718 g/mol. The minimum absolute atomic E-state index is 0.0142. The largest absolute Gasteiger partial charge is 0.416 e. The van der Waals surface area contributed by atoms with Crippen LogP contribution in [0.25, 0.3) is 130 Å². The third kappa shape index (κ3) is 3.71. The van der Waals surface area contributed by atoms with Crippen LogP contribution in [0.3, 0.4) is 0 Å². The number of aryl methyl sites for hydroxylation is 2. The molecule has 278 valence electrons. The van der Waals surface area contributed by atoms with Gasteiger partial charge in [-0.2, -0.15) is 13.2 Å². The Balaban J connectivity index is 1.19. The third-order valence-corrected chi connectivity index (χ3v) is 14.1. The molecule has 0 fully saturated rings. The molecule has 58 heavy (non-hydrogen) atoms. The van der Waals surface area contributed by atoms with E-state index in [1.54, 1.807) is 6.07 Å². The van der Waals surface area contributed by atoms with Crippen molar-refractivity contribution in [3.05, 3.63) is 131 Å². The van der Waals surface area contributed by atoms with E-state index in [2.05, 4.69) is 126 Å². The van der Waals surface area contributed by atoms with E-state index in [4.69, 9.17) is 0 Å². The van der Waals surface area contributed by atoms with Gasteiger partial charge in [0.25, 0.3) is 0 Å². The Morgan fingerprint density at radius 3 is 1.55 bits per heavy atom. The second-order valence-corrected chi connectivity index (χ2v) is 17.9. The van der Waals surface area contributed by atoms with E-state index in [1.807, 2.05) is 0 Å². The van der Waals surface area contributed by atoms with Crippen LogP contribution in [-0.4, -0.2) is 0 Å². The Labute approximate surface area is 332 Å². The predicted molar refractivity (Wildman–Crippen MR) is 242 cm³/mol. The normalized spacial score (nSPS) is 13.6. The highest BCUT2D eigenvalue weighted by Crippen LogP contribution is 2.59. The van der Waals surface area contributed by atoms with Gasteiger partial charge in [0.1, 0.15) is 0 Å². The molecule has 13 rings (SSSR count). The van der Waals surface area contributed by atoms with E-state index in [0.717, 1.165) is 27.6 Å². The summed E-state index contributed by atoms with van der Waals surface area (Å²) in [6.45, 7) is 13.1. The molecule has 0 N–H and O–H groups in total. The summed E-state index contributed by atoms with van der Waals surface area (Å²) in [6, 6.07) is 37.0. The molecule has 0 aliphatic heterocycles. The van der Waals surface area contributed by atoms with E-state index in [9.17, 15) is 13.2 Å². The van der Waals surface area contributed by atoms with Gasteiger partial charge < -0.3 is 0 Å². The van der Waals surface area contributed by atoms with Gasteiger partial charge in [-0.05, 0) is 191 Å². The molecule has 12 aromatic carbocycles. The molecule has 0 saturated carbocycles. The maximum Gasteiger partial charge on any atom is 0.416 e. The summed E-state index contributed by atoms with van der Waals surface area (Å²) in [7, 11) is 0. The van der Waals surface area contributed by atoms with Gasteiger partial charge in [-0.3, -0.25) is 0 Å². The van der Waals surface area contributed by atoms with Crippen molar-refractivity contribution in [1.29, 1.82) is 0 Å². The van der Waals surface area contributed by atoms with Crippen LogP contribution in [-0.2, 0) is 6.18 Å². The Morgan fingerprint density at radius 2 is 0.914 bits per heavy atom. The average Bonchev–Trinajstić information content (AvgIpc) is 3.82. The highest BCUT2D eigenvalue weighted by Gasteiger charge is 2.35. The molecule has 0 amide bonds. The van der Waals surface area contributed by atoms with Crippen LogP contribution in [0.15, 0.2) is 103 Å². The van der Waals surface area contributed by atoms with Crippen molar-refractivity contribution in [2.45, 2.75) is 59.6 Å². The minimum Gasteiger partial charge on any atom is -0.166 e. The molecule has 3 heteroatoms. The second kappa shape index (κ2) is 10.5. The summed E-state index contributed by atoms with van der Waals surface area (Å²) in [5.74, 6) is 0.119. The van der Waals surface area contributed by atoms with Crippen LogP contribution in [0.1, 0.15) is 67.3 Å². The molecule has 1 aliphatic carbocycles. The standard InChI is InChI=1S/C55H37F3/c1-24(2)43-34-11-10-29(55(56,57)58)23-41(34)44(25(3)4)53-39-19-16-32-30-12-13-35-40-22-28-8-7-9-36-45-27(6)20-26(5)21-42(45)54(46(28)36)51(40)37-17-14-31(47(30)49(35)37)33-15-18-38(52(43)53)50(39)48(32)33/h7-25H,1-6H3. The third-order valence-electron chi connectivity index (χ3n) is 14.1. The SMILES string of the molecule is Cc1cc(C)c2c3cccc4cc5c6ccc7c8ccc9c%10c(ccc(c%11ccc(c6c7%11)c5c(c2c1)c43)c%108)-c1c-9c(C(C)C)c2cc(C(F)(F)F)ccc2c1C(C)C. The molecule has 0 atom stereocenters. The Kier molecular flexibility index (Phi) is 5.92. The maximum absolute atomic E-state index is 14.3. The van der Waals surface area contributed by atoms with Gasteiger partial charge in [0.15, 0.2) is 0 Å². The van der Waals surface area contributed by atoms with Gasteiger partial charge >= 0.3 is 6.18 Å². The topological polar surface area (TPSA) is 0 Å². The molecule has 0 unspecified atom stereocenters. The molecular formula is C55H37F3. The zero-order valence-corrected chi connectivity index (χ0v) is 33.1. The molecule has 0 radical (unpaired) electrons. The van der Waals surface area contributed by atoms with Crippen molar-refractivity contribution in [1.82, 2.24) is 0 Å². The summed E-state index contributed by atoms with van der Waals surface area (Å²) in [5, 5.41) is 25.0. The Morgan fingerprint density at radius 1 is 0.397 bits per heavy atom. The minimum atomic E-state index is -4.42. The van der Waals surface area contributed by atoms with Crippen molar-refractivity contribution < 1.29 is 13.2 Å². The highest BCUT2D eigenvalue weighted by molar-refractivity contribution is 6.49.